The van der Waals surface area contributed by atoms with E-state index in [1.165, 1.54) is 0 Å². The first kappa shape index (κ1) is 18.9. The number of hydrogen-bond donors (Lipinski definition) is 3. The number of likely N-dealkylation sites (N-methyl/N-ethyl adjacent to an activating group) is 1. The van der Waals surface area contributed by atoms with Crippen LogP contribution in [0.4, 0.5) is 17.5 Å². The largest absolute Gasteiger partial charge is 0.506 e. The number of aromatic nitrogens is 2. The molecule has 7 heteroatoms. The Morgan fingerprint density at radius 2 is 1.81 bits per heavy atom. The molecule has 0 saturated heterocycles. The van der Waals surface area contributed by atoms with E-state index >= 15 is 0 Å². The number of nitrogens with one attached hydrogen (secondary N) is 2. The van der Waals surface area contributed by atoms with Gasteiger partial charge in [-0.1, -0.05) is 41.9 Å². The monoisotopic (exact) mass is 383 g/mol. The zero-order valence-electron chi connectivity index (χ0n) is 15.3. The number of nitrogens with zero attached hydrogens (tertiary/aromatic N) is 3. The minimum atomic E-state index is 0.0985. The third kappa shape index (κ3) is 5.32. The lowest BCUT2D eigenvalue weighted by molar-refractivity contribution is 0.425. The summed E-state index contributed by atoms with van der Waals surface area (Å²) in [6.07, 6.45) is 0. The second-order valence-corrected chi connectivity index (χ2v) is 6.78. The van der Waals surface area contributed by atoms with Crippen LogP contribution in [0.5, 0.6) is 5.75 Å². The molecule has 0 atom stereocenters. The third-order valence-corrected chi connectivity index (χ3v) is 4.09. The Balaban J connectivity index is 1.92. The van der Waals surface area contributed by atoms with Crippen molar-refractivity contribution in [2.45, 2.75) is 0 Å². The Kier molecular flexibility index (Phi) is 6.11. The molecular formula is C20H22ClN5O. The highest BCUT2D eigenvalue weighted by molar-refractivity contribution is 6.31. The van der Waals surface area contributed by atoms with E-state index in [-0.39, 0.29) is 5.75 Å². The molecule has 0 aliphatic rings. The third-order valence-electron chi connectivity index (χ3n) is 3.86. The molecule has 3 aromatic rings. The number of anilines is 3. The summed E-state index contributed by atoms with van der Waals surface area (Å²) in [5.41, 5.74) is 2.25. The quantitative estimate of drug-likeness (QED) is 0.530. The number of phenolic OH excluding ortho intramolecular Hbond substituents is 1. The molecule has 0 amide bonds. The maximum atomic E-state index is 10.1. The van der Waals surface area contributed by atoms with E-state index in [2.05, 4.69) is 25.5 Å². The number of hydrogen-bond acceptors (Lipinski definition) is 6. The maximum absolute atomic E-state index is 10.1. The van der Waals surface area contributed by atoms with Crippen molar-refractivity contribution in [1.29, 1.82) is 0 Å². The van der Waals surface area contributed by atoms with Crippen LogP contribution in [0.1, 0.15) is 0 Å². The van der Waals surface area contributed by atoms with Crippen molar-refractivity contribution in [3.63, 3.8) is 0 Å². The minimum absolute atomic E-state index is 0.0985. The summed E-state index contributed by atoms with van der Waals surface area (Å²) in [7, 11) is 4.02. The van der Waals surface area contributed by atoms with Gasteiger partial charge in [0, 0.05) is 29.7 Å². The van der Waals surface area contributed by atoms with E-state index in [1.807, 2.05) is 50.5 Å². The van der Waals surface area contributed by atoms with Gasteiger partial charge in [0.05, 0.1) is 11.4 Å². The molecule has 1 heterocycles. The fourth-order valence-electron chi connectivity index (χ4n) is 2.48. The topological polar surface area (TPSA) is 73.3 Å². The summed E-state index contributed by atoms with van der Waals surface area (Å²) in [6, 6.07) is 16.5. The van der Waals surface area contributed by atoms with Crippen molar-refractivity contribution >= 4 is 29.1 Å². The van der Waals surface area contributed by atoms with Gasteiger partial charge in [0.15, 0.2) is 0 Å². The van der Waals surface area contributed by atoms with Gasteiger partial charge in [-0.3, -0.25) is 0 Å². The molecule has 0 radical (unpaired) electrons. The van der Waals surface area contributed by atoms with Crippen molar-refractivity contribution in [3.8, 4) is 17.0 Å². The average molecular weight is 384 g/mol. The van der Waals surface area contributed by atoms with Crippen LogP contribution in [-0.4, -0.2) is 47.2 Å². The molecule has 0 saturated carbocycles. The molecule has 0 fully saturated rings. The van der Waals surface area contributed by atoms with Crippen LogP contribution >= 0.6 is 11.6 Å². The Morgan fingerprint density at radius 3 is 2.56 bits per heavy atom. The molecular weight excluding hydrogens is 362 g/mol. The molecule has 0 aliphatic carbocycles. The first-order valence-electron chi connectivity index (χ1n) is 8.60. The highest BCUT2D eigenvalue weighted by Gasteiger charge is 2.09. The van der Waals surface area contributed by atoms with Crippen LogP contribution < -0.4 is 10.6 Å². The maximum Gasteiger partial charge on any atom is 0.225 e. The van der Waals surface area contributed by atoms with Gasteiger partial charge >= 0.3 is 0 Å². The Morgan fingerprint density at radius 1 is 1.04 bits per heavy atom. The van der Waals surface area contributed by atoms with E-state index < -0.39 is 0 Å². The first-order chi connectivity index (χ1) is 13.0. The number of aromatic hydroxyl groups is 1. The zero-order valence-corrected chi connectivity index (χ0v) is 16.0. The summed E-state index contributed by atoms with van der Waals surface area (Å²) >= 11 is 6.04. The summed E-state index contributed by atoms with van der Waals surface area (Å²) in [5, 5.41) is 17.0. The van der Waals surface area contributed by atoms with Gasteiger partial charge in [0.2, 0.25) is 5.95 Å². The van der Waals surface area contributed by atoms with Gasteiger partial charge in [0.25, 0.3) is 0 Å². The van der Waals surface area contributed by atoms with Crippen LogP contribution in [0, 0.1) is 0 Å². The highest BCUT2D eigenvalue weighted by atomic mass is 35.5. The van der Waals surface area contributed by atoms with Gasteiger partial charge in [0.1, 0.15) is 11.6 Å². The second-order valence-electron chi connectivity index (χ2n) is 6.34. The molecule has 2 aromatic carbocycles. The smallest absolute Gasteiger partial charge is 0.225 e. The SMILES string of the molecule is CN(C)CCNc1nc(Nc2cc(Cl)ccc2O)cc(-c2ccccc2)n1. The summed E-state index contributed by atoms with van der Waals surface area (Å²) in [4.78, 5) is 11.2. The first-order valence-corrected chi connectivity index (χ1v) is 8.98. The molecule has 3 N–H and O–H groups in total. The van der Waals surface area contributed by atoms with E-state index in [0.29, 0.717) is 29.0 Å². The fourth-order valence-corrected chi connectivity index (χ4v) is 2.66. The minimum Gasteiger partial charge on any atom is -0.506 e. The molecule has 27 heavy (non-hydrogen) atoms. The highest BCUT2D eigenvalue weighted by Crippen LogP contribution is 2.30. The summed E-state index contributed by atoms with van der Waals surface area (Å²) in [6.45, 7) is 1.57. The number of rotatable bonds is 7. The van der Waals surface area contributed by atoms with Crippen molar-refractivity contribution in [3.05, 3.63) is 59.6 Å². The fraction of sp³-hybridized carbons (Fsp3) is 0.200. The normalized spacial score (nSPS) is 10.8. The van der Waals surface area contributed by atoms with E-state index in [4.69, 9.17) is 11.6 Å². The molecule has 3 rings (SSSR count). The summed E-state index contributed by atoms with van der Waals surface area (Å²) < 4.78 is 0. The predicted octanol–water partition coefficient (Wildman–Crippen LogP) is 4.22. The number of benzene rings is 2. The second kappa shape index (κ2) is 8.70. The lowest BCUT2D eigenvalue weighted by atomic mass is 10.1. The molecule has 0 bridgehead atoms. The molecule has 6 nitrogen and oxygen atoms in total. The predicted molar refractivity (Wildman–Crippen MR) is 111 cm³/mol. The van der Waals surface area contributed by atoms with Gasteiger partial charge < -0.3 is 20.6 Å². The van der Waals surface area contributed by atoms with Crippen molar-refractivity contribution in [2.75, 3.05) is 37.8 Å². The molecule has 140 valence electrons. The lowest BCUT2D eigenvalue weighted by Crippen LogP contribution is -2.21. The standard InChI is InChI=1S/C20H22ClN5O/c1-26(2)11-10-22-20-24-16(14-6-4-3-5-7-14)13-19(25-20)23-17-12-15(21)8-9-18(17)27/h3-9,12-13,27H,10-11H2,1-2H3,(H2,22,23,24,25). The molecule has 0 spiro atoms. The molecule has 0 aliphatic heterocycles. The van der Waals surface area contributed by atoms with Crippen LogP contribution in [0.2, 0.25) is 5.02 Å². The Labute approximate surface area is 163 Å². The molecule has 1 aromatic heterocycles. The van der Waals surface area contributed by atoms with Crippen molar-refractivity contribution in [1.82, 2.24) is 14.9 Å². The number of phenols is 1. The van der Waals surface area contributed by atoms with Gasteiger partial charge in [-0.25, -0.2) is 4.98 Å². The molecule has 0 unspecified atom stereocenters. The van der Waals surface area contributed by atoms with Gasteiger partial charge in [-0.2, -0.15) is 4.98 Å². The summed E-state index contributed by atoms with van der Waals surface area (Å²) in [5.74, 6) is 1.18. The number of halogens is 1. The average Bonchev–Trinajstić information content (AvgIpc) is 2.65. The van der Waals surface area contributed by atoms with Crippen molar-refractivity contribution < 1.29 is 5.11 Å². The zero-order chi connectivity index (χ0) is 19.2. The Bertz CT molecular complexity index is 902. The lowest BCUT2D eigenvalue weighted by Gasteiger charge is -2.14. The van der Waals surface area contributed by atoms with E-state index in [9.17, 15) is 5.11 Å². The Hall–Kier alpha value is -2.83. The van der Waals surface area contributed by atoms with Crippen molar-refractivity contribution in [2.24, 2.45) is 0 Å². The van der Waals surface area contributed by atoms with Crippen LogP contribution in [0.25, 0.3) is 11.3 Å². The van der Waals surface area contributed by atoms with E-state index in [0.717, 1.165) is 17.8 Å². The van der Waals surface area contributed by atoms with Gasteiger partial charge in [-0.15, -0.1) is 0 Å². The van der Waals surface area contributed by atoms with Crippen LogP contribution in [-0.2, 0) is 0 Å². The van der Waals surface area contributed by atoms with Crippen LogP contribution in [0.15, 0.2) is 54.6 Å². The van der Waals surface area contributed by atoms with Crippen LogP contribution in [0.3, 0.4) is 0 Å². The van der Waals surface area contributed by atoms with Gasteiger partial charge in [-0.05, 0) is 32.3 Å². The van der Waals surface area contributed by atoms with E-state index in [1.54, 1.807) is 18.2 Å².